The maximum absolute atomic E-state index is 10.6. The van der Waals surface area contributed by atoms with Gasteiger partial charge in [0.15, 0.2) is 11.5 Å². The minimum absolute atomic E-state index is 0.227. The summed E-state index contributed by atoms with van der Waals surface area (Å²) < 4.78 is 10.6. The SMILES string of the molecule is COc1cc2c(cc1OC)CN(CC(O)CC(=O)O)CC2. The molecule has 1 aliphatic rings. The van der Waals surface area contributed by atoms with Crippen LogP contribution in [-0.2, 0) is 17.8 Å². The van der Waals surface area contributed by atoms with Crippen molar-refractivity contribution in [2.24, 2.45) is 0 Å². The van der Waals surface area contributed by atoms with Crippen LogP contribution < -0.4 is 9.47 Å². The Kier molecular flexibility index (Phi) is 5.03. The van der Waals surface area contributed by atoms with Crippen LogP contribution in [0.25, 0.3) is 0 Å². The molecule has 0 aromatic heterocycles. The molecule has 0 radical (unpaired) electrons. The summed E-state index contributed by atoms with van der Waals surface area (Å²) in [5.74, 6) is 0.422. The van der Waals surface area contributed by atoms with Gasteiger partial charge in [0, 0.05) is 19.6 Å². The van der Waals surface area contributed by atoms with Gasteiger partial charge in [0.1, 0.15) is 0 Å². The van der Waals surface area contributed by atoms with Gasteiger partial charge < -0.3 is 19.7 Å². The summed E-state index contributed by atoms with van der Waals surface area (Å²) in [6.07, 6.45) is -0.227. The zero-order valence-electron chi connectivity index (χ0n) is 12.3. The van der Waals surface area contributed by atoms with E-state index in [1.165, 1.54) is 5.56 Å². The first kappa shape index (κ1) is 15.6. The van der Waals surface area contributed by atoms with Gasteiger partial charge in [0.2, 0.25) is 0 Å². The third-order valence-electron chi connectivity index (χ3n) is 3.68. The Labute approximate surface area is 123 Å². The fraction of sp³-hybridized carbons (Fsp3) is 0.533. The summed E-state index contributed by atoms with van der Waals surface area (Å²) >= 11 is 0. The first-order chi connectivity index (χ1) is 10.0. The zero-order valence-corrected chi connectivity index (χ0v) is 12.3. The summed E-state index contributed by atoms with van der Waals surface area (Å²) in [5, 5.41) is 18.4. The number of carboxylic acid groups (broad SMARTS) is 1. The van der Waals surface area contributed by atoms with Crippen LogP contribution in [0.15, 0.2) is 12.1 Å². The minimum Gasteiger partial charge on any atom is -0.493 e. The highest BCUT2D eigenvalue weighted by molar-refractivity contribution is 5.67. The Balaban J connectivity index is 2.07. The molecule has 116 valence electrons. The molecule has 1 atom stereocenters. The summed E-state index contributed by atoms with van der Waals surface area (Å²) in [5.41, 5.74) is 2.33. The number of carboxylic acids is 1. The molecule has 1 aromatic rings. The Hall–Kier alpha value is -1.79. The Morgan fingerprint density at radius 1 is 1.29 bits per heavy atom. The van der Waals surface area contributed by atoms with Crippen LogP contribution in [0.2, 0.25) is 0 Å². The standard InChI is InChI=1S/C15H21NO5/c1-20-13-5-10-3-4-16(9-12(17)7-15(18)19)8-11(10)6-14(13)21-2/h5-6,12,17H,3-4,7-9H2,1-2H3,(H,18,19). The first-order valence-electron chi connectivity index (χ1n) is 6.89. The molecule has 0 fully saturated rings. The van der Waals surface area contributed by atoms with Crippen molar-refractivity contribution in [2.75, 3.05) is 27.3 Å². The molecule has 0 aliphatic carbocycles. The molecule has 0 saturated heterocycles. The number of rotatable bonds is 6. The van der Waals surface area contributed by atoms with Gasteiger partial charge in [-0.3, -0.25) is 9.69 Å². The monoisotopic (exact) mass is 295 g/mol. The van der Waals surface area contributed by atoms with Gasteiger partial charge in [-0.05, 0) is 29.7 Å². The van der Waals surface area contributed by atoms with E-state index < -0.39 is 12.1 Å². The summed E-state index contributed by atoms with van der Waals surface area (Å²) in [4.78, 5) is 12.7. The van der Waals surface area contributed by atoms with Crippen molar-refractivity contribution in [3.8, 4) is 11.5 Å². The number of nitrogens with zero attached hydrogens (tertiary/aromatic N) is 1. The number of ether oxygens (including phenoxy) is 2. The second kappa shape index (κ2) is 6.78. The lowest BCUT2D eigenvalue weighted by molar-refractivity contribution is -0.139. The largest absolute Gasteiger partial charge is 0.493 e. The van der Waals surface area contributed by atoms with Crippen LogP contribution in [0.3, 0.4) is 0 Å². The first-order valence-corrected chi connectivity index (χ1v) is 6.89. The van der Waals surface area contributed by atoms with Gasteiger partial charge in [-0.1, -0.05) is 0 Å². The van der Waals surface area contributed by atoms with Crippen LogP contribution in [-0.4, -0.2) is 54.5 Å². The number of benzene rings is 1. The average Bonchev–Trinajstić information content (AvgIpc) is 2.44. The van der Waals surface area contributed by atoms with Gasteiger partial charge >= 0.3 is 5.97 Å². The van der Waals surface area contributed by atoms with Crippen molar-refractivity contribution in [3.05, 3.63) is 23.3 Å². The second-order valence-electron chi connectivity index (χ2n) is 5.21. The lowest BCUT2D eigenvalue weighted by Gasteiger charge is -2.30. The number of hydrogen-bond donors (Lipinski definition) is 2. The van der Waals surface area contributed by atoms with E-state index in [2.05, 4.69) is 4.90 Å². The van der Waals surface area contributed by atoms with E-state index in [0.29, 0.717) is 18.8 Å². The third-order valence-corrected chi connectivity index (χ3v) is 3.68. The number of aliphatic hydroxyl groups excluding tert-OH is 1. The van der Waals surface area contributed by atoms with Gasteiger partial charge in [-0.15, -0.1) is 0 Å². The molecule has 0 amide bonds. The van der Waals surface area contributed by atoms with Gasteiger partial charge in [0.05, 0.1) is 26.7 Å². The lowest BCUT2D eigenvalue weighted by Crippen LogP contribution is -2.37. The molecule has 2 rings (SSSR count). The van der Waals surface area contributed by atoms with Crippen molar-refractivity contribution >= 4 is 5.97 Å². The number of carbonyl (C=O) groups is 1. The Bertz CT molecular complexity index is 517. The maximum atomic E-state index is 10.6. The van der Waals surface area contributed by atoms with Gasteiger partial charge in [-0.25, -0.2) is 0 Å². The normalized spacial score (nSPS) is 16.1. The molecule has 1 unspecified atom stereocenters. The fourth-order valence-electron chi connectivity index (χ4n) is 2.66. The van der Waals surface area contributed by atoms with E-state index in [0.717, 1.165) is 24.3 Å². The molecule has 1 aliphatic heterocycles. The predicted octanol–water partition coefficient (Wildman–Crippen LogP) is 0.897. The molecule has 2 N–H and O–H groups in total. The minimum atomic E-state index is -0.980. The van der Waals surface area contributed by atoms with Crippen LogP contribution in [0.4, 0.5) is 0 Å². The number of β-amino-alcohol motifs (C(OH)–C–C–N with tert-alkyl or cyclic N) is 1. The molecule has 6 nitrogen and oxygen atoms in total. The zero-order chi connectivity index (χ0) is 15.4. The average molecular weight is 295 g/mol. The molecular weight excluding hydrogens is 274 g/mol. The highest BCUT2D eigenvalue weighted by Crippen LogP contribution is 2.33. The summed E-state index contributed by atoms with van der Waals surface area (Å²) in [6, 6.07) is 3.93. The number of hydrogen-bond acceptors (Lipinski definition) is 5. The van der Waals surface area contributed by atoms with E-state index in [9.17, 15) is 9.90 Å². The summed E-state index contributed by atoms with van der Waals surface area (Å²) in [7, 11) is 3.21. The maximum Gasteiger partial charge on any atom is 0.306 e. The van der Waals surface area contributed by atoms with E-state index >= 15 is 0 Å². The molecule has 1 heterocycles. The Morgan fingerprint density at radius 3 is 2.48 bits per heavy atom. The Morgan fingerprint density at radius 2 is 1.90 bits per heavy atom. The quantitative estimate of drug-likeness (QED) is 0.811. The number of methoxy groups -OCH3 is 2. The van der Waals surface area contributed by atoms with Crippen molar-refractivity contribution in [1.82, 2.24) is 4.90 Å². The highest BCUT2D eigenvalue weighted by atomic mass is 16.5. The van der Waals surface area contributed by atoms with Crippen molar-refractivity contribution in [1.29, 1.82) is 0 Å². The van der Waals surface area contributed by atoms with Crippen LogP contribution in [0.1, 0.15) is 17.5 Å². The highest BCUT2D eigenvalue weighted by Gasteiger charge is 2.22. The van der Waals surface area contributed by atoms with Crippen molar-refractivity contribution in [2.45, 2.75) is 25.5 Å². The topological polar surface area (TPSA) is 79.2 Å². The third kappa shape index (κ3) is 3.86. The van der Waals surface area contributed by atoms with Crippen molar-refractivity contribution < 1.29 is 24.5 Å². The number of aliphatic carboxylic acids is 1. The smallest absolute Gasteiger partial charge is 0.306 e. The number of aliphatic hydroxyl groups is 1. The molecule has 21 heavy (non-hydrogen) atoms. The fourth-order valence-corrected chi connectivity index (χ4v) is 2.66. The van der Waals surface area contributed by atoms with E-state index in [1.807, 2.05) is 12.1 Å². The second-order valence-corrected chi connectivity index (χ2v) is 5.21. The van der Waals surface area contributed by atoms with E-state index in [4.69, 9.17) is 14.6 Å². The van der Waals surface area contributed by atoms with Gasteiger partial charge in [0.25, 0.3) is 0 Å². The van der Waals surface area contributed by atoms with E-state index in [-0.39, 0.29) is 6.42 Å². The molecular formula is C15H21NO5. The number of fused-ring (bicyclic) bond motifs is 1. The molecule has 0 bridgehead atoms. The predicted molar refractivity (Wildman–Crippen MR) is 76.8 cm³/mol. The van der Waals surface area contributed by atoms with Crippen LogP contribution >= 0.6 is 0 Å². The van der Waals surface area contributed by atoms with Crippen LogP contribution in [0, 0.1) is 0 Å². The van der Waals surface area contributed by atoms with Crippen LogP contribution in [0.5, 0.6) is 11.5 Å². The lowest BCUT2D eigenvalue weighted by atomic mass is 9.98. The van der Waals surface area contributed by atoms with Gasteiger partial charge in [-0.2, -0.15) is 0 Å². The molecule has 1 aromatic carbocycles. The van der Waals surface area contributed by atoms with Crippen molar-refractivity contribution in [3.63, 3.8) is 0 Å². The summed E-state index contributed by atoms with van der Waals surface area (Å²) in [6.45, 7) is 1.83. The molecule has 0 spiro atoms. The molecule has 0 saturated carbocycles. The van der Waals surface area contributed by atoms with E-state index in [1.54, 1.807) is 14.2 Å². The molecule has 6 heteroatoms.